The zero-order valence-corrected chi connectivity index (χ0v) is 36.9. The first-order valence-electron chi connectivity index (χ1n) is 18.6. The van der Waals surface area contributed by atoms with Crippen molar-refractivity contribution >= 4 is 117 Å². The standard InChI is InChI=1S/C32H43BN12O16S4/c46-12-7-33(8-13-47)45-32-43-29(36-11-18-64(51,52)53)42-31(44-32)37-23-5-3-21(25(19-23)63-61-59-50)1-2-22-4-6-24(20-26(22)65(54,55)56)38-30-40-27(34-9-15-57-16-14-48)39-28(41-30)35-10-17-62-60-58-49/h1-6,10,19-20,46-50H,7-9,11-18H2,(H,51,52,53)(H,54,55,56)(H2,34,38,39,40,41)(H3,36,37,42,43,44,45). The van der Waals surface area contributed by atoms with Crippen LogP contribution in [0.25, 0.3) is 12.2 Å². The van der Waals surface area contributed by atoms with Gasteiger partial charge in [-0.05, 0) is 48.0 Å². The Morgan fingerprint density at radius 3 is 1.97 bits per heavy atom. The van der Waals surface area contributed by atoms with Crippen LogP contribution >= 0.6 is 24.1 Å². The first kappa shape index (κ1) is 52.7. The molecular weight excluding hydrogens is 948 g/mol. The molecule has 0 bridgehead atoms. The lowest BCUT2D eigenvalue weighted by Gasteiger charge is -2.15. The highest BCUT2D eigenvalue weighted by atomic mass is 32.2. The van der Waals surface area contributed by atoms with Crippen molar-refractivity contribution in [2.24, 2.45) is 4.99 Å². The molecule has 0 aliphatic heterocycles. The maximum atomic E-state index is 12.7. The molecule has 0 aliphatic carbocycles. The second-order valence-electron chi connectivity index (χ2n) is 12.5. The predicted molar refractivity (Wildman–Crippen MR) is 238 cm³/mol. The molecule has 2 heterocycles. The number of aromatic nitrogens is 6. The van der Waals surface area contributed by atoms with Gasteiger partial charge in [-0.3, -0.25) is 9.11 Å². The molecule has 0 radical (unpaired) electrons. The van der Waals surface area contributed by atoms with Gasteiger partial charge in [0.05, 0.1) is 43.4 Å². The molecule has 65 heavy (non-hydrogen) atoms. The summed E-state index contributed by atoms with van der Waals surface area (Å²) in [4.78, 5) is 29.3. The lowest BCUT2D eigenvalue weighted by molar-refractivity contribution is -0.432. The van der Waals surface area contributed by atoms with Gasteiger partial charge in [-0.2, -0.15) is 46.7 Å². The number of ether oxygens (including phenoxy) is 1. The number of aliphatic hydroxyl groups excluding tert-OH is 3. The molecule has 0 fully saturated rings. The van der Waals surface area contributed by atoms with E-state index in [9.17, 15) is 31.6 Å². The average Bonchev–Trinajstić information content (AvgIpc) is 3.25. The summed E-state index contributed by atoms with van der Waals surface area (Å²) in [5, 5.41) is 66.8. The summed E-state index contributed by atoms with van der Waals surface area (Å²) in [5.74, 6) is -0.819. The smallest absolute Gasteiger partial charge is 0.295 e. The van der Waals surface area contributed by atoms with Crippen LogP contribution in [0, 0.1) is 0 Å². The molecule has 33 heteroatoms. The van der Waals surface area contributed by atoms with Crippen LogP contribution in [0.5, 0.6) is 0 Å². The average molecular weight is 991 g/mol. The van der Waals surface area contributed by atoms with Gasteiger partial charge in [0, 0.05) is 60.8 Å². The van der Waals surface area contributed by atoms with Gasteiger partial charge in [-0.25, -0.2) is 15.5 Å². The van der Waals surface area contributed by atoms with Gasteiger partial charge < -0.3 is 46.6 Å². The Bertz CT molecular complexity index is 2410. The Labute approximate surface area is 379 Å². The number of rotatable bonds is 31. The Hall–Kier alpha value is -4.95. The van der Waals surface area contributed by atoms with E-state index in [0.29, 0.717) is 35.3 Å². The number of aliphatic hydroxyl groups is 3. The third-order valence-corrected chi connectivity index (χ3v) is 10.5. The van der Waals surface area contributed by atoms with Crippen molar-refractivity contribution in [2.45, 2.75) is 22.4 Å². The highest BCUT2D eigenvalue weighted by Gasteiger charge is 2.19. The minimum absolute atomic E-state index is 0.00998. The van der Waals surface area contributed by atoms with Crippen LogP contribution in [0.1, 0.15) is 11.1 Å². The van der Waals surface area contributed by atoms with Crippen LogP contribution < -0.4 is 26.5 Å². The quantitative estimate of drug-likeness (QED) is 0.00503. The Kier molecular flexibility index (Phi) is 22.3. The summed E-state index contributed by atoms with van der Waals surface area (Å²) in [6.07, 6.45) is 4.67. The van der Waals surface area contributed by atoms with E-state index in [1.165, 1.54) is 36.6 Å². The number of hydrogen-bond acceptors (Lipinski definition) is 28. The SMILES string of the molecule is O=S(=O)(O)CCNc1nc(NB(CCO)CCO)nc(Nc2ccc(C=Cc3ccc(Nc4nc(N=CCSOOO)nc(NCCOCCO)n4)cc3S(=O)(=O)O)c(SOOO)c2)n1. The van der Waals surface area contributed by atoms with Crippen molar-refractivity contribution in [3.05, 3.63) is 47.5 Å². The van der Waals surface area contributed by atoms with E-state index in [-0.39, 0.29) is 116 Å². The van der Waals surface area contributed by atoms with Crippen LogP contribution in [0.15, 0.2) is 51.2 Å². The first-order valence-corrected chi connectivity index (χ1v) is 23.3. The Morgan fingerprint density at radius 1 is 0.708 bits per heavy atom. The molecule has 0 atom stereocenters. The number of benzene rings is 2. The van der Waals surface area contributed by atoms with Gasteiger partial charge >= 0.3 is 0 Å². The monoisotopic (exact) mass is 990 g/mol. The number of hydrogen-bond donors (Lipinski definition) is 12. The van der Waals surface area contributed by atoms with Crippen LogP contribution in [-0.2, 0) is 43.7 Å². The topological polar surface area (TPSA) is 406 Å². The van der Waals surface area contributed by atoms with E-state index in [1.54, 1.807) is 12.1 Å². The first-order chi connectivity index (χ1) is 31.2. The van der Waals surface area contributed by atoms with Gasteiger partial charge in [0.2, 0.25) is 29.7 Å². The largest absolute Gasteiger partial charge is 0.397 e. The van der Waals surface area contributed by atoms with Gasteiger partial charge in [-0.15, -0.1) is 8.67 Å². The summed E-state index contributed by atoms with van der Waals surface area (Å²) in [6, 6.07) is 8.63. The van der Waals surface area contributed by atoms with Crippen molar-refractivity contribution in [1.82, 2.24) is 29.9 Å². The van der Waals surface area contributed by atoms with Crippen molar-refractivity contribution in [3.8, 4) is 0 Å². The lowest BCUT2D eigenvalue weighted by atomic mass is 9.57. The van der Waals surface area contributed by atoms with E-state index in [0.717, 1.165) is 6.07 Å². The number of nitrogens with one attached hydrogen (secondary N) is 5. The second-order valence-corrected chi connectivity index (χ2v) is 16.9. The summed E-state index contributed by atoms with van der Waals surface area (Å²) < 4.78 is 81.5. The summed E-state index contributed by atoms with van der Waals surface area (Å²) in [5.41, 5.74) is 0.876. The number of nitrogens with zero attached hydrogens (tertiary/aromatic N) is 7. The predicted octanol–water partition coefficient (Wildman–Crippen LogP) is 2.27. The maximum absolute atomic E-state index is 12.7. The van der Waals surface area contributed by atoms with Gasteiger partial charge in [0.15, 0.2) is 0 Å². The maximum Gasteiger partial charge on any atom is 0.295 e. The van der Waals surface area contributed by atoms with Crippen LogP contribution in [0.3, 0.4) is 0 Å². The van der Waals surface area contributed by atoms with Crippen molar-refractivity contribution in [3.63, 3.8) is 0 Å². The van der Waals surface area contributed by atoms with E-state index in [2.05, 4.69) is 80.1 Å². The molecule has 0 saturated carbocycles. The van der Waals surface area contributed by atoms with E-state index in [4.69, 9.17) is 24.9 Å². The minimum atomic E-state index is -4.85. The Balaban J connectivity index is 1.62. The van der Waals surface area contributed by atoms with Gasteiger partial charge in [0.1, 0.15) is 4.90 Å². The molecule has 354 valence electrons. The van der Waals surface area contributed by atoms with E-state index >= 15 is 0 Å². The van der Waals surface area contributed by atoms with Gasteiger partial charge in [-0.1, -0.05) is 34.4 Å². The molecule has 12 N–H and O–H groups in total. The number of anilines is 7. The third-order valence-electron chi connectivity index (χ3n) is 7.80. The molecule has 0 unspecified atom stereocenters. The molecule has 0 amide bonds. The molecule has 0 spiro atoms. The fraction of sp³-hybridized carbons (Fsp3) is 0.344. The van der Waals surface area contributed by atoms with Crippen molar-refractivity contribution in [2.75, 3.05) is 84.1 Å². The van der Waals surface area contributed by atoms with Crippen LogP contribution in [-0.4, -0.2) is 152 Å². The minimum Gasteiger partial charge on any atom is -0.397 e. The zero-order chi connectivity index (χ0) is 47.1. The van der Waals surface area contributed by atoms with Crippen LogP contribution in [0.2, 0.25) is 12.6 Å². The second kappa shape index (κ2) is 27.5. The lowest BCUT2D eigenvalue weighted by Crippen LogP contribution is -2.28. The third kappa shape index (κ3) is 19.6. The zero-order valence-electron chi connectivity index (χ0n) is 33.6. The fourth-order valence-electron chi connectivity index (χ4n) is 5.09. The van der Waals surface area contributed by atoms with Gasteiger partial charge in [0.25, 0.3) is 33.0 Å². The summed E-state index contributed by atoms with van der Waals surface area (Å²) in [7, 11) is -9.17. The van der Waals surface area contributed by atoms with Crippen molar-refractivity contribution < 1.29 is 75.3 Å². The fourth-order valence-corrected chi connectivity index (χ4v) is 6.91. The molecule has 4 rings (SSSR count). The van der Waals surface area contributed by atoms with Crippen molar-refractivity contribution in [1.29, 1.82) is 0 Å². The highest BCUT2D eigenvalue weighted by Crippen LogP contribution is 2.31. The molecule has 0 saturated heterocycles. The molecule has 0 aliphatic rings. The normalized spacial score (nSPS) is 11.9. The highest BCUT2D eigenvalue weighted by molar-refractivity contribution is 7.95. The molecule has 2 aromatic heterocycles. The molecule has 2 aromatic carbocycles. The van der Waals surface area contributed by atoms with Crippen LogP contribution in [0.4, 0.5) is 47.1 Å². The van der Waals surface area contributed by atoms with E-state index in [1.807, 2.05) is 0 Å². The van der Waals surface area contributed by atoms with E-state index < -0.39 is 37.7 Å². The summed E-state index contributed by atoms with van der Waals surface area (Å²) >= 11 is 1.27. The number of aliphatic imine (C=N–C) groups is 1. The Morgan fingerprint density at radius 2 is 1.31 bits per heavy atom. The summed E-state index contributed by atoms with van der Waals surface area (Å²) in [6.45, 7) is -0.750. The molecule has 4 aromatic rings. The molecular formula is C32H43BN12O16S4. The molecule has 28 nitrogen and oxygen atoms in total.